The summed E-state index contributed by atoms with van der Waals surface area (Å²) >= 11 is 4.06. The van der Waals surface area contributed by atoms with Crippen molar-refractivity contribution in [1.82, 2.24) is 0 Å². The Balaban J connectivity index is 1.44. The van der Waals surface area contributed by atoms with Gasteiger partial charge in [-0.15, -0.1) is 11.8 Å². The van der Waals surface area contributed by atoms with Crippen molar-refractivity contribution in [2.75, 3.05) is 11.5 Å². The fourth-order valence-electron chi connectivity index (χ4n) is 1.68. The molecule has 0 aromatic carbocycles. The molecule has 0 fully saturated rings. The van der Waals surface area contributed by atoms with Gasteiger partial charge in [-0.1, -0.05) is 42.5 Å². The third kappa shape index (κ3) is 4.26. The highest BCUT2D eigenvalue weighted by Gasteiger charge is 2.03. The molecule has 16 heavy (non-hydrogen) atoms. The average Bonchev–Trinajstić information content (AvgIpc) is 2.96. The highest BCUT2D eigenvalue weighted by Crippen LogP contribution is 2.24. The molecule has 0 aromatic heterocycles. The van der Waals surface area contributed by atoms with E-state index in [0.29, 0.717) is 5.25 Å². The van der Waals surface area contributed by atoms with Gasteiger partial charge in [0.05, 0.1) is 0 Å². The molecule has 0 radical (unpaired) electrons. The second-order valence-electron chi connectivity index (χ2n) is 3.91. The maximum Gasteiger partial charge on any atom is 0.0413 e. The maximum atomic E-state index is 2.31. The third-order valence-corrected chi connectivity index (χ3v) is 4.92. The van der Waals surface area contributed by atoms with E-state index in [9.17, 15) is 0 Å². The summed E-state index contributed by atoms with van der Waals surface area (Å²) in [6, 6.07) is 0. The minimum Gasteiger partial charge on any atom is -0.150 e. The second-order valence-corrected chi connectivity index (χ2v) is 6.36. The topological polar surface area (TPSA) is 0 Å². The summed E-state index contributed by atoms with van der Waals surface area (Å²) in [5.74, 6) is 2.56. The van der Waals surface area contributed by atoms with E-state index in [2.05, 4.69) is 54.3 Å². The van der Waals surface area contributed by atoms with Gasteiger partial charge >= 0.3 is 0 Å². The molecule has 2 heteroatoms. The van der Waals surface area contributed by atoms with Gasteiger partial charge in [0.1, 0.15) is 0 Å². The van der Waals surface area contributed by atoms with E-state index in [1.165, 1.54) is 29.3 Å². The first kappa shape index (κ1) is 12.1. The van der Waals surface area contributed by atoms with Crippen LogP contribution < -0.4 is 0 Å². The Bertz CT molecular complexity index is 312. The molecule has 0 saturated heterocycles. The summed E-state index contributed by atoms with van der Waals surface area (Å²) in [7, 11) is 0. The molecule has 0 aromatic rings. The van der Waals surface area contributed by atoms with E-state index in [0.717, 1.165) is 6.42 Å². The van der Waals surface area contributed by atoms with Crippen LogP contribution in [-0.2, 0) is 0 Å². The predicted molar refractivity (Wildman–Crippen MR) is 78.1 cm³/mol. The van der Waals surface area contributed by atoms with Crippen molar-refractivity contribution >= 4 is 23.5 Å². The molecule has 0 nitrogen and oxygen atoms in total. The van der Waals surface area contributed by atoms with Crippen molar-refractivity contribution in [3.8, 4) is 0 Å². The largest absolute Gasteiger partial charge is 0.150 e. The van der Waals surface area contributed by atoms with Crippen molar-refractivity contribution < 1.29 is 0 Å². The number of allylic oxidation sites excluding steroid dienone is 5. The lowest BCUT2D eigenvalue weighted by Gasteiger charge is -2.05. The molecular formula is C14H18S2. The van der Waals surface area contributed by atoms with Crippen LogP contribution in [0.25, 0.3) is 0 Å². The van der Waals surface area contributed by atoms with Crippen molar-refractivity contribution in [3.63, 3.8) is 0 Å². The number of hydrogen-bond donors (Lipinski definition) is 0. The number of unbranched alkanes of at least 4 members (excludes halogenated alkanes) is 1. The first-order valence-electron chi connectivity index (χ1n) is 5.91. The molecular weight excluding hydrogens is 232 g/mol. The fourth-order valence-corrected chi connectivity index (χ4v) is 3.72. The molecule has 0 N–H and O–H groups in total. The minimum atomic E-state index is 0.646. The quantitative estimate of drug-likeness (QED) is 0.607. The first-order chi connectivity index (χ1) is 7.95. The van der Waals surface area contributed by atoms with Crippen LogP contribution in [0.5, 0.6) is 0 Å². The normalized spacial score (nSPS) is 18.6. The van der Waals surface area contributed by atoms with Crippen LogP contribution in [0.4, 0.5) is 0 Å². The van der Waals surface area contributed by atoms with Crippen molar-refractivity contribution in [1.29, 1.82) is 0 Å². The molecule has 0 unspecified atom stereocenters. The summed E-state index contributed by atoms with van der Waals surface area (Å²) in [6.07, 6.45) is 19.4. The zero-order valence-corrected chi connectivity index (χ0v) is 11.1. The van der Waals surface area contributed by atoms with Crippen LogP contribution in [0, 0.1) is 0 Å². The van der Waals surface area contributed by atoms with E-state index >= 15 is 0 Å². The molecule has 2 aliphatic rings. The van der Waals surface area contributed by atoms with Gasteiger partial charge in [-0.25, -0.2) is 0 Å². The molecule has 2 rings (SSSR count). The highest BCUT2D eigenvalue weighted by atomic mass is 32.2. The van der Waals surface area contributed by atoms with Crippen LogP contribution >= 0.6 is 23.5 Å². The predicted octanol–water partition coefficient (Wildman–Crippen LogP) is 4.57. The molecule has 0 spiro atoms. The molecule has 0 heterocycles. The van der Waals surface area contributed by atoms with Crippen LogP contribution in [0.15, 0.2) is 47.4 Å². The van der Waals surface area contributed by atoms with Gasteiger partial charge in [-0.3, -0.25) is 0 Å². The van der Waals surface area contributed by atoms with Crippen LogP contribution in [0.1, 0.15) is 19.3 Å². The third-order valence-electron chi connectivity index (χ3n) is 2.57. The lowest BCUT2D eigenvalue weighted by atomic mass is 10.4. The molecule has 2 aliphatic carbocycles. The minimum absolute atomic E-state index is 0.646. The fraction of sp³-hybridized carbons (Fsp3) is 0.429. The second kappa shape index (κ2) is 7.08. The standard InChI is InChI=1S/C14H18S2/c1-2-8-13(7-1)15-11-5-6-12-16-14-9-3-4-10-14/h1-3,7-10,13H,4-6,11-12H2. The Hall–Kier alpha value is -0.340. The Morgan fingerprint density at radius 1 is 1.12 bits per heavy atom. The molecule has 0 aliphatic heterocycles. The van der Waals surface area contributed by atoms with Crippen LogP contribution in [0.2, 0.25) is 0 Å². The van der Waals surface area contributed by atoms with Gasteiger partial charge in [0, 0.05) is 10.2 Å². The van der Waals surface area contributed by atoms with Gasteiger partial charge < -0.3 is 0 Å². The van der Waals surface area contributed by atoms with Gasteiger partial charge in [0.15, 0.2) is 0 Å². The molecule has 0 saturated carbocycles. The van der Waals surface area contributed by atoms with Gasteiger partial charge in [-0.05, 0) is 30.8 Å². The lowest BCUT2D eigenvalue weighted by Crippen LogP contribution is -1.92. The molecule has 0 atom stereocenters. The van der Waals surface area contributed by atoms with Gasteiger partial charge in [0.25, 0.3) is 0 Å². The van der Waals surface area contributed by atoms with E-state index in [1.807, 2.05) is 11.8 Å². The Morgan fingerprint density at radius 2 is 1.94 bits per heavy atom. The van der Waals surface area contributed by atoms with Gasteiger partial charge in [0.2, 0.25) is 0 Å². The molecule has 0 bridgehead atoms. The van der Waals surface area contributed by atoms with Crippen molar-refractivity contribution in [3.05, 3.63) is 47.4 Å². The SMILES string of the molecule is C1=CC(SCCCCSC2=CCC=C2)C=C1. The summed E-state index contributed by atoms with van der Waals surface area (Å²) in [6.45, 7) is 0. The zero-order valence-electron chi connectivity index (χ0n) is 9.47. The molecule has 86 valence electrons. The van der Waals surface area contributed by atoms with Crippen molar-refractivity contribution in [2.24, 2.45) is 0 Å². The highest BCUT2D eigenvalue weighted by molar-refractivity contribution is 8.03. The Labute approximate surface area is 107 Å². The van der Waals surface area contributed by atoms with E-state index in [-0.39, 0.29) is 0 Å². The van der Waals surface area contributed by atoms with Crippen LogP contribution in [-0.4, -0.2) is 16.8 Å². The Kier molecular flexibility index (Phi) is 5.36. The molecule has 0 amide bonds. The van der Waals surface area contributed by atoms with Crippen LogP contribution in [0.3, 0.4) is 0 Å². The van der Waals surface area contributed by atoms with Crippen molar-refractivity contribution in [2.45, 2.75) is 24.5 Å². The number of hydrogen-bond acceptors (Lipinski definition) is 2. The van der Waals surface area contributed by atoms with E-state index < -0.39 is 0 Å². The summed E-state index contributed by atoms with van der Waals surface area (Å²) in [5.41, 5.74) is 0. The number of rotatable bonds is 7. The summed E-state index contributed by atoms with van der Waals surface area (Å²) in [4.78, 5) is 1.47. The summed E-state index contributed by atoms with van der Waals surface area (Å²) < 4.78 is 0. The number of thioether (sulfide) groups is 2. The summed E-state index contributed by atoms with van der Waals surface area (Å²) in [5, 5.41) is 0.646. The maximum absolute atomic E-state index is 2.31. The Morgan fingerprint density at radius 3 is 2.69 bits per heavy atom. The monoisotopic (exact) mass is 250 g/mol. The lowest BCUT2D eigenvalue weighted by molar-refractivity contribution is 0.908. The van der Waals surface area contributed by atoms with Gasteiger partial charge in [-0.2, -0.15) is 11.8 Å². The van der Waals surface area contributed by atoms with E-state index in [1.54, 1.807) is 0 Å². The first-order valence-corrected chi connectivity index (χ1v) is 7.95. The average molecular weight is 250 g/mol. The van der Waals surface area contributed by atoms with E-state index in [4.69, 9.17) is 0 Å². The zero-order chi connectivity index (χ0) is 11.1. The smallest absolute Gasteiger partial charge is 0.0413 e.